The number of halogens is 3. The van der Waals surface area contributed by atoms with E-state index in [9.17, 15) is 18.0 Å². The standard InChI is InChI=1S/C16H21F3N6O/c1-9-10(2)14(22-25-13(9)20-21-15(25)16(17,18)19)24-7-5-12(6-8-24)23(4)11(3)26/h12H,5-8H2,1-4H3. The first kappa shape index (κ1) is 18.4. The first-order valence-electron chi connectivity index (χ1n) is 8.39. The lowest BCUT2D eigenvalue weighted by molar-refractivity contribution is -0.146. The maximum atomic E-state index is 13.2. The van der Waals surface area contributed by atoms with Crippen LogP contribution in [0.4, 0.5) is 19.0 Å². The SMILES string of the molecule is CC(=O)N(C)C1CCN(c2nn3c(C(F)(F)F)nnc3c(C)c2C)CC1. The molecule has 142 valence electrons. The number of anilines is 1. The molecule has 0 unspecified atom stereocenters. The number of nitrogens with zero attached hydrogens (tertiary/aromatic N) is 6. The Balaban J connectivity index is 1.94. The Bertz CT molecular complexity index is 839. The molecule has 1 aliphatic rings. The molecule has 1 amide bonds. The van der Waals surface area contributed by atoms with Crippen molar-refractivity contribution in [3.63, 3.8) is 0 Å². The number of carbonyl (C=O) groups is 1. The molecule has 0 aliphatic carbocycles. The smallest absolute Gasteiger partial charge is 0.355 e. The van der Waals surface area contributed by atoms with Gasteiger partial charge in [0.1, 0.15) is 0 Å². The summed E-state index contributed by atoms with van der Waals surface area (Å²) in [6.07, 6.45) is -3.15. The monoisotopic (exact) mass is 370 g/mol. The minimum Gasteiger partial charge on any atom is -0.355 e. The molecule has 26 heavy (non-hydrogen) atoms. The van der Waals surface area contributed by atoms with Gasteiger partial charge in [0.2, 0.25) is 5.91 Å². The fourth-order valence-corrected chi connectivity index (χ4v) is 3.31. The normalized spacial score (nSPS) is 16.3. The highest BCUT2D eigenvalue weighted by Crippen LogP contribution is 2.31. The maximum absolute atomic E-state index is 13.2. The highest BCUT2D eigenvalue weighted by atomic mass is 19.4. The fourth-order valence-electron chi connectivity index (χ4n) is 3.31. The molecule has 0 spiro atoms. The summed E-state index contributed by atoms with van der Waals surface area (Å²) in [4.78, 5) is 15.2. The maximum Gasteiger partial charge on any atom is 0.453 e. The first-order valence-corrected chi connectivity index (χ1v) is 8.39. The van der Waals surface area contributed by atoms with Gasteiger partial charge >= 0.3 is 6.18 Å². The van der Waals surface area contributed by atoms with Gasteiger partial charge in [0, 0.05) is 44.2 Å². The van der Waals surface area contributed by atoms with E-state index >= 15 is 0 Å². The number of hydrogen-bond acceptors (Lipinski definition) is 5. The molecule has 0 radical (unpaired) electrons. The van der Waals surface area contributed by atoms with Crippen molar-refractivity contribution in [2.24, 2.45) is 0 Å². The lowest BCUT2D eigenvalue weighted by Crippen LogP contribution is -2.45. The molecular weight excluding hydrogens is 349 g/mol. The van der Waals surface area contributed by atoms with Gasteiger partial charge in [-0.05, 0) is 26.7 Å². The zero-order chi connectivity index (χ0) is 19.2. The summed E-state index contributed by atoms with van der Waals surface area (Å²) in [5.41, 5.74) is 1.53. The van der Waals surface area contributed by atoms with Crippen molar-refractivity contribution in [1.29, 1.82) is 0 Å². The highest BCUT2D eigenvalue weighted by Gasteiger charge is 2.38. The van der Waals surface area contributed by atoms with Crippen LogP contribution in [-0.2, 0) is 11.0 Å². The number of carbonyl (C=O) groups excluding carboxylic acids is 1. The van der Waals surface area contributed by atoms with Crippen LogP contribution in [0.3, 0.4) is 0 Å². The lowest BCUT2D eigenvalue weighted by Gasteiger charge is -2.37. The predicted octanol–water partition coefficient (Wildman–Crippen LogP) is 2.21. The van der Waals surface area contributed by atoms with E-state index in [-0.39, 0.29) is 17.6 Å². The quantitative estimate of drug-likeness (QED) is 0.811. The van der Waals surface area contributed by atoms with Crippen LogP contribution in [0, 0.1) is 13.8 Å². The van der Waals surface area contributed by atoms with Crippen LogP contribution < -0.4 is 4.90 Å². The number of hydrogen-bond donors (Lipinski definition) is 0. The van der Waals surface area contributed by atoms with E-state index < -0.39 is 12.0 Å². The second kappa shape index (κ2) is 6.40. The molecule has 7 nitrogen and oxygen atoms in total. The van der Waals surface area contributed by atoms with Gasteiger partial charge < -0.3 is 9.80 Å². The van der Waals surface area contributed by atoms with Gasteiger partial charge in [-0.15, -0.1) is 15.3 Å². The van der Waals surface area contributed by atoms with Gasteiger partial charge in [0.15, 0.2) is 11.5 Å². The largest absolute Gasteiger partial charge is 0.453 e. The van der Waals surface area contributed by atoms with Gasteiger partial charge in [-0.3, -0.25) is 4.79 Å². The Kier molecular flexibility index (Phi) is 4.53. The van der Waals surface area contributed by atoms with Crippen LogP contribution in [0.15, 0.2) is 0 Å². The fraction of sp³-hybridized carbons (Fsp3) is 0.625. The average Bonchev–Trinajstić information content (AvgIpc) is 3.02. The van der Waals surface area contributed by atoms with Gasteiger partial charge in [0.05, 0.1) is 0 Å². The zero-order valence-electron chi connectivity index (χ0n) is 15.1. The van der Waals surface area contributed by atoms with Crippen LogP contribution in [0.2, 0.25) is 0 Å². The third kappa shape index (κ3) is 3.08. The molecule has 3 rings (SSSR count). The summed E-state index contributed by atoms with van der Waals surface area (Å²) in [6, 6.07) is 0.134. The molecular formula is C16H21F3N6O. The summed E-state index contributed by atoms with van der Waals surface area (Å²) in [6.45, 7) is 6.31. The van der Waals surface area contributed by atoms with E-state index in [0.29, 0.717) is 24.5 Å². The van der Waals surface area contributed by atoms with E-state index in [2.05, 4.69) is 15.3 Å². The topological polar surface area (TPSA) is 66.6 Å². The van der Waals surface area contributed by atoms with Crippen molar-refractivity contribution < 1.29 is 18.0 Å². The average molecular weight is 370 g/mol. The summed E-state index contributed by atoms with van der Waals surface area (Å²) in [5.74, 6) is -0.610. The minimum atomic E-state index is -4.62. The Hall–Kier alpha value is -2.39. The number of aromatic nitrogens is 4. The number of alkyl halides is 3. The Morgan fingerprint density at radius 3 is 2.31 bits per heavy atom. The van der Waals surface area contributed by atoms with Crippen LogP contribution >= 0.6 is 0 Å². The molecule has 2 aromatic heterocycles. The van der Waals surface area contributed by atoms with Crippen LogP contribution in [0.1, 0.15) is 36.7 Å². The molecule has 1 fully saturated rings. The Labute approximate surface area is 148 Å². The molecule has 0 atom stereocenters. The third-order valence-electron chi connectivity index (χ3n) is 5.13. The van der Waals surface area contributed by atoms with Crippen molar-refractivity contribution in [1.82, 2.24) is 24.7 Å². The van der Waals surface area contributed by atoms with Crippen LogP contribution in [0.5, 0.6) is 0 Å². The van der Waals surface area contributed by atoms with Gasteiger partial charge in [-0.1, -0.05) is 0 Å². The van der Waals surface area contributed by atoms with Crippen molar-refractivity contribution in [3.05, 3.63) is 17.0 Å². The highest BCUT2D eigenvalue weighted by molar-refractivity contribution is 5.73. The molecule has 0 bridgehead atoms. The number of amides is 1. The molecule has 1 saturated heterocycles. The van der Waals surface area contributed by atoms with Crippen molar-refractivity contribution >= 4 is 17.4 Å². The van der Waals surface area contributed by atoms with E-state index in [0.717, 1.165) is 22.9 Å². The number of rotatable bonds is 2. The number of fused-ring (bicyclic) bond motifs is 1. The van der Waals surface area contributed by atoms with Crippen LogP contribution in [0.25, 0.3) is 5.65 Å². The van der Waals surface area contributed by atoms with E-state index in [4.69, 9.17) is 0 Å². The summed E-state index contributed by atoms with van der Waals surface area (Å²) in [7, 11) is 1.77. The molecule has 1 aliphatic heterocycles. The molecule has 10 heteroatoms. The molecule has 0 saturated carbocycles. The molecule has 2 aromatic rings. The Morgan fingerprint density at radius 1 is 1.15 bits per heavy atom. The summed E-state index contributed by atoms with van der Waals surface area (Å²) >= 11 is 0. The van der Waals surface area contributed by atoms with Gasteiger partial charge in [0.25, 0.3) is 5.82 Å². The Morgan fingerprint density at radius 2 is 1.77 bits per heavy atom. The molecule has 0 aromatic carbocycles. The third-order valence-corrected chi connectivity index (χ3v) is 5.13. The summed E-state index contributed by atoms with van der Waals surface area (Å²) in [5, 5.41) is 11.1. The van der Waals surface area contributed by atoms with Crippen molar-refractivity contribution in [3.8, 4) is 0 Å². The summed E-state index contributed by atoms with van der Waals surface area (Å²) < 4.78 is 40.3. The van der Waals surface area contributed by atoms with E-state index in [1.807, 2.05) is 11.8 Å². The number of piperidine rings is 1. The second-order valence-corrected chi connectivity index (χ2v) is 6.68. The minimum absolute atomic E-state index is 0.00864. The molecule has 0 N–H and O–H groups in total. The van der Waals surface area contributed by atoms with Gasteiger partial charge in [-0.2, -0.15) is 17.7 Å². The van der Waals surface area contributed by atoms with Gasteiger partial charge in [-0.25, -0.2) is 0 Å². The van der Waals surface area contributed by atoms with E-state index in [1.165, 1.54) is 6.92 Å². The van der Waals surface area contributed by atoms with Crippen molar-refractivity contribution in [2.75, 3.05) is 25.0 Å². The second-order valence-electron chi connectivity index (χ2n) is 6.68. The van der Waals surface area contributed by atoms with Crippen LogP contribution in [-0.4, -0.2) is 56.8 Å². The molecule has 3 heterocycles. The number of aryl methyl sites for hydroxylation is 1. The van der Waals surface area contributed by atoms with Crippen molar-refractivity contribution in [2.45, 2.75) is 45.8 Å². The van der Waals surface area contributed by atoms with E-state index in [1.54, 1.807) is 18.9 Å². The lowest BCUT2D eigenvalue weighted by atomic mass is 10.0. The first-order chi connectivity index (χ1) is 12.1. The predicted molar refractivity (Wildman–Crippen MR) is 88.9 cm³/mol. The zero-order valence-corrected chi connectivity index (χ0v) is 15.1.